The Morgan fingerprint density at radius 2 is 1.73 bits per heavy atom. The Hall–Kier alpha value is -0.0800. The molecule has 0 bridgehead atoms. The van der Waals surface area contributed by atoms with E-state index in [0.29, 0.717) is 0 Å². The molecule has 2 fully saturated rings. The van der Waals surface area contributed by atoms with Gasteiger partial charge in [-0.3, -0.25) is 0 Å². The van der Waals surface area contributed by atoms with E-state index >= 15 is 0 Å². The Morgan fingerprint density at radius 3 is 2.27 bits per heavy atom. The number of hydrogen-bond donors (Lipinski definition) is 0. The fourth-order valence-electron chi connectivity index (χ4n) is 3.50. The van der Waals surface area contributed by atoms with Gasteiger partial charge in [-0.15, -0.1) is 0 Å². The van der Waals surface area contributed by atoms with Crippen LogP contribution in [0.1, 0.15) is 26.7 Å². The first-order chi connectivity index (χ1) is 7.19. The van der Waals surface area contributed by atoms with Crippen molar-refractivity contribution in [2.75, 3.05) is 39.8 Å². The Kier molecular flexibility index (Phi) is 3.68. The fourth-order valence-corrected chi connectivity index (χ4v) is 3.50. The summed E-state index contributed by atoms with van der Waals surface area (Å²) < 4.78 is 0. The molecule has 2 heteroatoms. The van der Waals surface area contributed by atoms with Crippen LogP contribution in [0, 0.1) is 17.8 Å². The van der Waals surface area contributed by atoms with Crippen LogP contribution in [0.2, 0.25) is 0 Å². The van der Waals surface area contributed by atoms with Crippen molar-refractivity contribution in [2.45, 2.75) is 26.7 Å². The van der Waals surface area contributed by atoms with Crippen molar-refractivity contribution in [3.05, 3.63) is 0 Å². The first-order valence-electron chi connectivity index (χ1n) is 6.60. The lowest BCUT2D eigenvalue weighted by Gasteiger charge is -2.22. The van der Waals surface area contributed by atoms with Gasteiger partial charge in [0, 0.05) is 32.7 Å². The zero-order valence-electron chi connectivity index (χ0n) is 10.6. The van der Waals surface area contributed by atoms with E-state index in [1.165, 1.54) is 45.6 Å². The highest BCUT2D eigenvalue weighted by molar-refractivity contribution is 4.92. The maximum Gasteiger partial charge on any atom is 0.00257 e. The summed E-state index contributed by atoms with van der Waals surface area (Å²) in [6.45, 7) is 11.4. The standard InChI is InChI=1S/C13H26N2/c1-4-5-11(2)6-15-9-12-7-14(3)8-13(12)10-15/h11-13H,4-10H2,1-3H3/t11?,12-,13+. The fraction of sp³-hybridized carbons (Fsp3) is 1.00. The minimum absolute atomic E-state index is 0.895. The lowest BCUT2D eigenvalue weighted by atomic mass is 10.0. The van der Waals surface area contributed by atoms with E-state index in [0.717, 1.165) is 17.8 Å². The number of likely N-dealkylation sites (tertiary alicyclic amines) is 2. The summed E-state index contributed by atoms with van der Waals surface area (Å²) in [6.07, 6.45) is 2.73. The smallest absolute Gasteiger partial charge is 0.00257 e. The summed E-state index contributed by atoms with van der Waals surface area (Å²) in [7, 11) is 2.27. The average Bonchev–Trinajstić information content (AvgIpc) is 2.60. The molecule has 0 N–H and O–H groups in total. The normalized spacial score (nSPS) is 34.6. The van der Waals surface area contributed by atoms with Gasteiger partial charge >= 0.3 is 0 Å². The van der Waals surface area contributed by atoms with Crippen LogP contribution in [0.5, 0.6) is 0 Å². The Labute approximate surface area is 94.6 Å². The van der Waals surface area contributed by atoms with Crippen LogP contribution in [0.15, 0.2) is 0 Å². The predicted octanol–water partition coefficient (Wildman–Crippen LogP) is 1.92. The molecule has 0 aromatic carbocycles. The van der Waals surface area contributed by atoms with E-state index in [1.54, 1.807) is 0 Å². The van der Waals surface area contributed by atoms with E-state index < -0.39 is 0 Å². The highest BCUT2D eigenvalue weighted by atomic mass is 15.2. The minimum Gasteiger partial charge on any atom is -0.306 e. The summed E-state index contributed by atoms with van der Waals surface area (Å²) in [5, 5.41) is 0. The van der Waals surface area contributed by atoms with Crippen LogP contribution in [0.3, 0.4) is 0 Å². The topological polar surface area (TPSA) is 6.48 Å². The van der Waals surface area contributed by atoms with E-state index in [-0.39, 0.29) is 0 Å². The van der Waals surface area contributed by atoms with Crippen molar-refractivity contribution in [1.29, 1.82) is 0 Å². The quantitative estimate of drug-likeness (QED) is 0.699. The lowest BCUT2D eigenvalue weighted by molar-refractivity contribution is 0.242. The van der Waals surface area contributed by atoms with E-state index in [4.69, 9.17) is 0 Å². The molecule has 15 heavy (non-hydrogen) atoms. The van der Waals surface area contributed by atoms with Crippen molar-refractivity contribution in [3.63, 3.8) is 0 Å². The molecule has 0 amide bonds. The monoisotopic (exact) mass is 210 g/mol. The van der Waals surface area contributed by atoms with Crippen molar-refractivity contribution < 1.29 is 0 Å². The van der Waals surface area contributed by atoms with Gasteiger partial charge in [-0.05, 0) is 31.2 Å². The molecule has 2 rings (SSSR count). The molecule has 0 saturated carbocycles. The van der Waals surface area contributed by atoms with Crippen LogP contribution in [-0.2, 0) is 0 Å². The molecule has 2 heterocycles. The Balaban J connectivity index is 1.75. The molecule has 0 aromatic rings. The van der Waals surface area contributed by atoms with Crippen molar-refractivity contribution in [3.8, 4) is 0 Å². The van der Waals surface area contributed by atoms with Gasteiger partial charge in [-0.2, -0.15) is 0 Å². The second-order valence-electron chi connectivity index (χ2n) is 5.85. The molecule has 0 aliphatic carbocycles. The van der Waals surface area contributed by atoms with Gasteiger partial charge < -0.3 is 9.80 Å². The summed E-state index contributed by atoms with van der Waals surface area (Å²) >= 11 is 0. The zero-order valence-corrected chi connectivity index (χ0v) is 10.6. The van der Waals surface area contributed by atoms with Crippen LogP contribution in [-0.4, -0.2) is 49.6 Å². The van der Waals surface area contributed by atoms with Crippen molar-refractivity contribution in [2.24, 2.45) is 17.8 Å². The molecular weight excluding hydrogens is 184 g/mol. The molecule has 2 saturated heterocycles. The summed E-state index contributed by atoms with van der Waals surface area (Å²) in [6, 6.07) is 0. The largest absolute Gasteiger partial charge is 0.306 e. The van der Waals surface area contributed by atoms with Gasteiger partial charge in [0.25, 0.3) is 0 Å². The molecule has 2 aliphatic heterocycles. The second-order valence-corrected chi connectivity index (χ2v) is 5.85. The first kappa shape index (κ1) is 11.4. The third-order valence-electron chi connectivity index (χ3n) is 4.10. The molecular formula is C13H26N2. The van der Waals surface area contributed by atoms with Crippen LogP contribution in [0.25, 0.3) is 0 Å². The zero-order chi connectivity index (χ0) is 10.8. The Bertz CT molecular complexity index is 188. The van der Waals surface area contributed by atoms with E-state index in [9.17, 15) is 0 Å². The third kappa shape index (κ3) is 2.73. The maximum atomic E-state index is 2.71. The van der Waals surface area contributed by atoms with Gasteiger partial charge in [0.2, 0.25) is 0 Å². The Morgan fingerprint density at radius 1 is 1.13 bits per heavy atom. The number of rotatable bonds is 4. The number of fused-ring (bicyclic) bond motifs is 1. The molecule has 0 radical (unpaired) electrons. The highest BCUT2D eigenvalue weighted by Crippen LogP contribution is 2.30. The molecule has 88 valence electrons. The molecule has 0 spiro atoms. The maximum absolute atomic E-state index is 2.71. The molecule has 0 aromatic heterocycles. The lowest BCUT2D eigenvalue weighted by Crippen LogP contribution is -2.30. The van der Waals surface area contributed by atoms with Crippen LogP contribution < -0.4 is 0 Å². The predicted molar refractivity (Wildman–Crippen MR) is 65.0 cm³/mol. The van der Waals surface area contributed by atoms with Gasteiger partial charge in [0.15, 0.2) is 0 Å². The third-order valence-corrected chi connectivity index (χ3v) is 4.10. The minimum atomic E-state index is 0.895. The summed E-state index contributed by atoms with van der Waals surface area (Å²) in [4.78, 5) is 5.21. The highest BCUT2D eigenvalue weighted by Gasteiger charge is 2.38. The number of nitrogens with zero attached hydrogens (tertiary/aromatic N) is 2. The summed E-state index contributed by atoms with van der Waals surface area (Å²) in [5.74, 6) is 2.85. The first-order valence-corrected chi connectivity index (χ1v) is 6.60. The van der Waals surface area contributed by atoms with Crippen molar-refractivity contribution in [1.82, 2.24) is 9.80 Å². The summed E-state index contributed by atoms with van der Waals surface area (Å²) in [5.41, 5.74) is 0. The van der Waals surface area contributed by atoms with E-state index in [2.05, 4.69) is 30.7 Å². The van der Waals surface area contributed by atoms with Crippen molar-refractivity contribution >= 4 is 0 Å². The van der Waals surface area contributed by atoms with Crippen LogP contribution >= 0.6 is 0 Å². The van der Waals surface area contributed by atoms with Gasteiger partial charge in [-0.25, -0.2) is 0 Å². The number of hydrogen-bond acceptors (Lipinski definition) is 2. The van der Waals surface area contributed by atoms with E-state index in [1.807, 2.05) is 0 Å². The average molecular weight is 210 g/mol. The molecule has 3 atom stereocenters. The van der Waals surface area contributed by atoms with Gasteiger partial charge in [-0.1, -0.05) is 20.3 Å². The second kappa shape index (κ2) is 4.84. The SMILES string of the molecule is CCCC(C)CN1C[C@H]2CN(C)C[C@H]2C1. The van der Waals surface area contributed by atoms with Gasteiger partial charge in [0.05, 0.1) is 0 Å². The molecule has 1 unspecified atom stereocenters. The molecule has 2 nitrogen and oxygen atoms in total. The van der Waals surface area contributed by atoms with Crippen LogP contribution in [0.4, 0.5) is 0 Å². The van der Waals surface area contributed by atoms with Gasteiger partial charge in [0.1, 0.15) is 0 Å². The molecule has 2 aliphatic rings.